The van der Waals surface area contributed by atoms with Crippen LogP contribution in [-0.2, 0) is 22.4 Å². The minimum atomic E-state index is -0.349. The number of hydrogen-bond acceptors (Lipinski definition) is 6. The van der Waals surface area contributed by atoms with Gasteiger partial charge in [0.05, 0.1) is 13.0 Å². The first kappa shape index (κ1) is 20.3. The Bertz CT molecular complexity index is 842. The van der Waals surface area contributed by atoms with E-state index in [0.29, 0.717) is 11.7 Å². The summed E-state index contributed by atoms with van der Waals surface area (Å²) in [6.07, 6.45) is 1.83. The molecular weight excluding hydrogens is 376 g/mol. The van der Waals surface area contributed by atoms with Crippen LogP contribution in [0, 0.1) is 5.92 Å². The highest BCUT2D eigenvalue weighted by atomic mass is 32.1. The van der Waals surface area contributed by atoms with Gasteiger partial charge in [0.25, 0.3) is 0 Å². The van der Waals surface area contributed by atoms with Crippen LogP contribution < -0.4 is 10.1 Å². The van der Waals surface area contributed by atoms with Gasteiger partial charge in [-0.05, 0) is 44.9 Å². The zero-order valence-corrected chi connectivity index (χ0v) is 17.5. The van der Waals surface area contributed by atoms with E-state index in [1.54, 1.807) is 12.0 Å². The first-order valence-corrected chi connectivity index (χ1v) is 10.1. The number of methoxy groups -OCH3 is 1. The molecule has 2 heterocycles. The summed E-state index contributed by atoms with van der Waals surface area (Å²) in [5.74, 6) is 0.335. The lowest BCUT2D eigenvalue weighted by atomic mass is 10.1. The van der Waals surface area contributed by atoms with Crippen LogP contribution in [0.1, 0.15) is 37.8 Å². The molecule has 1 aliphatic rings. The third kappa shape index (κ3) is 4.86. The number of hydrogen-bond donors (Lipinski definition) is 1. The number of amides is 2. The van der Waals surface area contributed by atoms with E-state index in [-0.39, 0.29) is 29.7 Å². The predicted molar refractivity (Wildman–Crippen MR) is 109 cm³/mol. The predicted octanol–water partition coefficient (Wildman–Crippen LogP) is 2.92. The maximum absolute atomic E-state index is 12.5. The van der Waals surface area contributed by atoms with Gasteiger partial charge >= 0.3 is 0 Å². The van der Waals surface area contributed by atoms with Gasteiger partial charge < -0.3 is 15.0 Å². The van der Waals surface area contributed by atoms with Crippen LogP contribution in [0.5, 0.6) is 5.75 Å². The number of benzene rings is 1. The van der Waals surface area contributed by atoms with Crippen LogP contribution >= 0.6 is 11.3 Å². The molecule has 0 saturated carbocycles. The Labute approximate surface area is 169 Å². The van der Waals surface area contributed by atoms with Gasteiger partial charge in [-0.1, -0.05) is 23.5 Å². The zero-order chi connectivity index (χ0) is 20.3. The molecule has 1 saturated heterocycles. The van der Waals surface area contributed by atoms with Crippen molar-refractivity contribution in [1.29, 1.82) is 0 Å². The van der Waals surface area contributed by atoms with E-state index < -0.39 is 0 Å². The second-order valence-electron chi connectivity index (χ2n) is 7.91. The molecule has 0 aliphatic carbocycles. The lowest BCUT2D eigenvalue weighted by Crippen LogP contribution is -2.42. The number of aromatic nitrogens is 2. The van der Waals surface area contributed by atoms with Crippen molar-refractivity contribution in [2.24, 2.45) is 5.92 Å². The van der Waals surface area contributed by atoms with Gasteiger partial charge in [0.15, 0.2) is 0 Å². The van der Waals surface area contributed by atoms with Crippen LogP contribution in [0.3, 0.4) is 0 Å². The van der Waals surface area contributed by atoms with E-state index in [2.05, 4.69) is 15.5 Å². The highest BCUT2D eigenvalue weighted by Crippen LogP contribution is 2.27. The Morgan fingerprint density at radius 1 is 1.25 bits per heavy atom. The smallest absolute Gasteiger partial charge is 0.231 e. The highest BCUT2D eigenvalue weighted by molar-refractivity contribution is 7.15. The molecule has 3 rings (SSSR count). The minimum Gasteiger partial charge on any atom is -0.497 e. The van der Waals surface area contributed by atoms with Crippen molar-refractivity contribution in [1.82, 2.24) is 15.1 Å². The molecule has 1 aliphatic heterocycles. The van der Waals surface area contributed by atoms with Crippen molar-refractivity contribution in [2.45, 2.75) is 45.6 Å². The molecule has 0 unspecified atom stereocenters. The van der Waals surface area contributed by atoms with Gasteiger partial charge in [0, 0.05) is 24.9 Å². The number of likely N-dealkylation sites (tertiary alicyclic amines) is 1. The first-order chi connectivity index (χ1) is 13.3. The Kier molecular flexibility index (Phi) is 5.98. The van der Waals surface area contributed by atoms with E-state index in [1.165, 1.54) is 16.9 Å². The monoisotopic (exact) mass is 402 g/mol. The van der Waals surface area contributed by atoms with Crippen LogP contribution in [0.15, 0.2) is 24.3 Å². The first-order valence-electron chi connectivity index (χ1n) is 9.33. The summed E-state index contributed by atoms with van der Waals surface area (Å²) >= 11 is 1.38. The van der Waals surface area contributed by atoms with Crippen molar-refractivity contribution in [3.05, 3.63) is 34.8 Å². The van der Waals surface area contributed by atoms with E-state index in [0.717, 1.165) is 23.6 Å². The largest absolute Gasteiger partial charge is 0.497 e. The molecule has 7 nitrogen and oxygen atoms in total. The average Bonchev–Trinajstić information content (AvgIpc) is 3.26. The van der Waals surface area contributed by atoms with Crippen LogP contribution in [0.25, 0.3) is 0 Å². The van der Waals surface area contributed by atoms with Gasteiger partial charge in [-0.3, -0.25) is 9.59 Å². The number of carbonyl (C=O) groups is 2. The molecular formula is C20H26N4O3S. The van der Waals surface area contributed by atoms with Crippen molar-refractivity contribution >= 4 is 28.3 Å². The van der Waals surface area contributed by atoms with Crippen molar-refractivity contribution in [2.75, 3.05) is 19.0 Å². The van der Waals surface area contributed by atoms with Gasteiger partial charge in [0.1, 0.15) is 10.8 Å². The number of carbonyl (C=O) groups excluding carboxylic acids is 2. The zero-order valence-electron chi connectivity index (χ0n) is 16.7. The summed E-state index contributed by atoms with van der Waals surface area (Å²) in [7, 11) is 1.65. The standard InChI is InChI=1S/C20H26N4O3S/c1-20(2,3)24-12-14(11-17(24)25)18(26)21-19-23-22-16(28-19)10-7-13-5-8-15(27-4)9-6-13/h5-6,8-9,14H,7,10-12H2,1-4H3,(H,21,23,26)/t14-/m1/s1. The highest BCUT2D eigenvalue weighted by Gasteiger charge is 2.39. The lowest BCUT2D eigenvalue weighted by Gasteiger charge is -2.31. The van der Waals surface area contributed by atoms with Gasteiger partial charge in [-0.2, -0.15) is 0 Å². The molecule has 28 heavy (non-hydrogen) atoms. The molecule has 0 radical (unpaired) electrons. The molecule has 1 fully saturated rings. The van der Waals surface area contributed by atoms with E-state index in [9.17, 15) is 9.59 Å². The van der Waals surface area contributed by atoms with Crippen LogP contribution in [0.4, 0.5) is 5.13 Å². The fourth-order valence-corrected chi connectivity index (χ4v) is 3.93. The van der Waals surface area contributed by atoms with Crippen LogP contribution in [-0.4, -0.2) is 46.1 Å². The summed E-state index contributed by atoms with van der Waals surface area (Å²) in [6.45, 7) is 6.37. The second-order valence-corrected chi connectivity index (χ2v) is 8.98. The fraction of sp³-hybridized carbons (Fsp3) is 0.500. The molecule has 1 N–H and O–H groups in total. The SMILES string of the molecule is COc1ccc(CCc2nnc(NC(=O)[C@@H]3CC(=O)N(C(C)(C)C)C3)s2)cc1. The third-order valence-corrected chi connectivity index (χ3v) is 5.69. The van der Waals surface area contributed by atoms with Crippen molar-refractivity contribution in [3.8, 4) is 5.75 Å². The second kappa shape index (κ2) is 8.26. The number of nitrogens with zero attached hydrogens (tertiary/aromatic N) is 3. The van der Waals surface area contributed by atoms with Gasteiger partial charge in [0.2, 0.25) is 16.9 Å². The summed E-state index contributed by atoms with van der Waals surface area (Å²) in [4.78, 5) is 26.4. The summed E-state index contributed by atoms with van der Waals surface area (Å²) in [6, 6.07) is 7.93. The molecule has 2 aromatic rings. The van der Waals surface area contributed by atoms with Gasteiger partial charge in [-0.15, -0.1) is 10.2 Å². The minimum absolute atomic E-state index is 0.0186. The fourth-order valence-electron chi connectivity index (χ4n) is 3.19. The molecule has 1 atom stereocenters. The molecule has 0 bridgehead atoms. The lowest BCUT2D eigenvalue weighted by molar-refractivity contribution is -0.131. The Morgan fingerprint density at radius 2 is 1.96 bits per heavy atom. The van der Waals surface area contributed by atoms with Crippen molar-refractivity contribution in [3.63, 3.8) is 0 Å². The normalized spacial score (nSPS) is 17.1. The quantitative estimate of drug-likeness (QED) is 0.803. The maximum atomic E-state index is 12.5. The van der Waals surface area contributed by atoms with E-state index in [4.69, 9.17) is 4.74 Å². The number of anilines is 1. The summed E-state index contributed by atoms with van der Waals surface area (Å²) < 4.78 is 5.16. The summed E-state index contributed by atoms with van der Waals surface area (Å²) in [5, 5.41) is 12.4. The molecule has 1 aromatic heterocycles. The van der Waals surface area contributed by atoms with E-state index in [1.807, 2.05) is 45.0 Å². The number of nitrogens with one attached hydrogen (secondary N) is 1. The topological polar surface area (TPSA) is 84.4 Å². The number of aryl methyl sites for hydroxylation is 2. The number of ether oxygens (including phenoxy) is 1. The Hall–Kier alpha value is -2.48. The molecule has 0 spiro atoms. The molecule has 8 heteroatoms. The third-order valence-electron chi connectivity index (χ3n) is 4.79. The van der Waals surface area contributed by atoms with Crippen molar-refractivity contribution < 1.29 is 14.3 Å². The van der Waals surface area contributed by atoms with E-state index >= 15 is 0 Å². The Balaban J connectivity index is 1.52. The Morgan fingerprint density at radius 3 is 2.57 bits per heavy atom. The van der Waals surface area contributed by atoms with Crippen LogP contribution in [0.2, 0.25) is 0 Å². The molecule has 1 aromatic carbocycles. The van der Waals surface area contributed by atoms with Gasteiger partial charge in [-0.25, -0.2) is 0 Å². The number of rotatable bonds is 6. The molecule has 150 valence electrons. The maximum Gasteiger partial charge on any atom is 0.231 e. The molecule has 2 amide bonds. The summed E-state index contributed by atoms with van der Waals surface area (Å²) in [5.41, 5.74) is 0.914. The average molecular weight is 403 g/mol.